The molecule has 0 saturated carbocycles. The van der Waals surface area contributed by atoms with Crippen LogP contribution in [0.4, 0.5) is 0 Å². The summed E-state index contributed by atoms with van der Waals surface area (Å²) in [6.07, 6.45) is 3.04. The lowest BCUT2D eigenvalue weighted by Crippen LogP contribution is -2.58. The molecule has 1 saturated heterocycles. The van der Waals surface area contributed by atoms with E-state index in [0.717, 1.165) is 41.3 Å². The van der Waals surface area contributed by atoms with Gasteiger partial charge in [-0.15, -0.1) is 11.8 Å². The largest absolute Gasteiger partial charge is 0.485 e. The van der Waals surface area contributed by atoms with Gasteiger partial charge in [-0.1, -0.05) is 41.7 Å². The summed E-state index contributed by atoms with van der Waals surface area (Å²) in [5, 5.41) is 5.19. The lowest BCUT2D eigenvalue weighted by Gasteiger charge is -2.44. The smallest absolute Gasteiger partial charge is 0.137 e. The maximum absolute atomic E-state index is 6.55. The Bertz CT molecular complexity index is 880. The monoisotopic (exact) mass is 427 g/mol. The summed E-state index contributed by atoms with van der Waals surface area (Å²) in [4.78, 5) is 1.11. The van der Waals surface area contributed by atoms with Gasteiger partial charge in [-0.25, -0.2) is 0 Å². The number of halogens is 3. The number of nitrogens with one attached hydrogen (secondary N) is 1. The topological polar surface area (TPSA) is 21.3 Å². The summed E-state index contributed by atoms with van der Waals surface area (Å²) in [6, 6.07) is 7.78. The van der Waals surface area contributed by atoms with Gasteiger partial charge >= 0.3 is 0 Å². The van der Waals surface area contributed by atoms with E-state index in [1.165, 1.54) is 5.56 Å². The molecule has 26 heavy (non-hydrogen) atoms. The van der Waals surface area contributed by atoms with Gasteiger partial charge in [0.2, 0.25) is 0 Å². The van der Waals surface area contributed by atoms with Crippen LogP contribution in [0.15, 0.2) is 29.2 Å². The highest BCUT2D eigenvalue weighted by Gasteiger charge is 2.56. The van der Waals surface area contributed by atoms with Crippen LogP contribution >= 0.6 is 46.6 Å². The van der Waals surface area contributed by atoms with Crippen molar-refractivity contribution in [2.24, 2.45) is 0 Å². The fraction of sp³-hybridized carbons (Fsp3) is 0.400. The molecule has 1 fully saturated rings. The molecule has 0 spiro atoms. The van der Waals surface area contributed by atoms with Gasteiger partial charge in [-0.3, -0.25) is 0 Å². The molecule has 0 radical (unpaired) electrons. The summed E-state index contributed by atoms with van der Waals surface area (Å²) in [5.41, 5.74) is 2.72. The average Bonchev–Trinajstić information content (AvgIpc) is 2.81. The number of ether oxygens (including phenoxy) is 1. The fourth-order valence-electron chi connectivity index (χ4n) is 4.13. The van der Waals surface area contributed by atoms with Gasteiger partial charge in [0.15, 0.2) is 0 Å². The maximum Gasteiger partial charge on any atom is 0.137 e. The van der Waals surface area contributed by atoms with Crippen molar-refractivity contribution in [2.45, 2.75) is 36.2 Å². The molecule has 1 N–H and O–H groups in total. The van der Waals surface area contributed by atoms with Gasteiger partial charge < -0.3 is 10.1 Å². The number of piperidine rings is 1. The lowest BCUT2D eigenvalue weighted by molar-refractivity contribution is 0.0149. The molecule has 2 nitrogen and oxygen atoms in total. The van der Waals surface area contributed by atoms with E-state index in [0.29, 0.717) is 15.1 Å². The summed E-state index contributed by atoms with van der Waals surface area (Å²) in [7, 11) is 0. The van der Waals surface area contributed by atoms with E-state index in [1.807, 2.05) is 0 Å². The third-order valence-corrected chi connectivity index (χ3v) is 7.47. The van der Waals surface area contributed by atoms with Crippen LogP contribution in [-0.4, -0.2) is 24.9 Å². The zero-order valence-electron chi connectivity index (χ0n) is 14.9. The Morgan fingerprint density at radius 1 is 1.08 bits per heavy atom. The molecule has 2 aliphatic rings. The molecule has 2 heterocycles. The molecule has 0 amide bonds. The van der Waals surface area contributed by atoms with Gasteiger partial charge in [-0.2, -0.15) is 0 Å². The predicted octanol–water partition coefficient (Wildman–Crippen LogP) is 6.44. The van der Waals surface area contributed by atoms with Gasteiger partial charge in [-0.05, 0) is 49.6 Å². The second-order valence-electron chi connectivity index (χ2n) is 7.39. The van der Waals surface area contributed by atoms with Crippen molar-refractivity contribution in [1.82, 2.24) is 5.32 Å². The van der Waals surface area contributed by atoms with Crippen molar-refractivity contribution < 1.29 is 4.74 Å². The molecule has 0 aromatic heterocycles. The Balaban J connectivity index is 1.95. The maximum atomic E-state index is 6.55. The Labute approximate surface area is 173 Å². The second-order valence-corrected chi connectivity index (χ2v) is 9.49. The van der Waals surface area contributed by atoms with Crippen molar-refractivity contribution >= 4 is 46.6 Å². The normalized spacial score (nSPS) is 27.0. The first-order chi connectivity index (χ1) is 12.3. The molecular formula is C20H20Cl3NOS. The zero-order chi connectivity index (χ0) is 18.7. The van der Waals surface area contributed by atoms with E-state index >= 15 is 0 Å². The zero-order valence-corrected chi connectivity index (χ0v) is 18.0. The van der Waals surface area contributed by atoms with E-state index in [9.17, 15) is 0 Å². The summed E-state index contributed by atoms with van der Waals surface area (Å²) in [5.74, 6) is 0.996. The average molecular weight is 429 g/mol. The molecule has 0 bridgehead atoms. The quantitative estimate of drug-likeness (QED) is 0.556. The van der Waals surface area contributed by atoms with Crippen LogP contribution in [-0.2, 0) is 5.41 Å². The summed E-state index contributed by atoms with van der Waals surface area (Å²) < 4.78 is 6.55. The van der Waals surface area contributed by atoms with Crippen molar-refractivity contribution in [3.63, 3.8) is 0 Å². The van der Waals surface area contributed by atoms with Gasteiger partial charge in [0.25, 0.3) is 0 Å². The fourth-order valence-corrected chi connectivity index (χ4v) is 5.75. The summed E-state index contributed by atoms with van der Waals surface area (Å²) >= 11 is 20.8. The Morgan fingerprint density at radius 3 is 2.42 bits per heavy atom. The molecule has 6 heteroatoms. The Morgan fingerprint density at radius 2 is 1.77 bits per heavy atom. The number of hydrogen-bond acceptors (Lipinski definition) is 3. The van der Waals surface area contributed by atoms with Gasteiger partial charge in [0.05, 0.1) is 14.9 Å². The third-order valence-electron chi connectivity index (χ3n) is 5.92. The highest BCUT2D eigenvalue weighted by molar-refractivity contribution is 7.98. The van der Waals surface area contributed by atoms with Gasteiger partial charge in [0.1, 0.15) is 11.4 Å². The first-order valence-electron chi connectivity index (χ1n) is 8.56. The highest BCUT2D eigenvalue weighted by atomic mass is 35.5. The molecule has 138 valence electrons. The number of hydrogen-bond donors (Lipinski definition) is 1. The van der Waals surface area contributed by atoms with Crippen LogP contribution in [0.25, 0.3) is 11.1 Å². The number of fused-ring (bicyclic) bond motifs is 3. The van der Waals surface area contributed by atoms with E-state index in [1.54, 1.807) is 23.9 Å². The van der Waals surface area contributed by atoms with Crippen molar-refractivity contribution in [1.29, 1.82) is 0 Å². The summed E-state index contributed by atoms with van der Waals surface area (Å²) in [6.45, 7) is 6.36. The molecule has 2 aromatic carbocycles. The molecule has 0 unspecified atom stereocenters. The number of benzene rings is 2. The molecular weight excluding hydrogens is 409 g/mol. The van der Waals surface area contributed by atoms with E-state index < -0.39 is 0 Å². The van der Waals surface area contributed by atoms with Gasteiger partial charge in [0, 0.05) is 34.5 Å². The van der Waals surface area contributed by atoms with E-state index in [4.69, 9.17) is 39.5 Å². The Hall–Kier alpha value is -0.580. The SMILES string of the molecule is CSc1cc(-c2c(Cl)cc(Cl)cc2Cl)cc2c1O[C@@]1(C)CCNC[C@@]21C. The second kappa shape index (κ2) is 6.49. The van der Waals surface area contributed by atoms with Crippen LogP contribution < -0.4 is 10.1 Å². The van der Waals surface area contributed by atoms with E-state index in [2.05, 4.69) is 37.6 Å². The molecule has 2 aliphatic heterocycles. The van der Waals surface area contributed by atoms with E-state index in [-0.39, 0.29) is 11.0 Å². The number of rotatable bonds is 2. The highest BCUT2D eigenvalue weighted by Crippen LogP contribution is 2.56. The standard InChI is InChI=1S/C20H20Cl3NOS/c1-19-10-24-5-4-20(19,2)25-18-13(19)6-11(7-16(18)26-3)17-14(22)8-12(21)9-15(17)23/h6-9,24H,4-5,10H2,1-3H3/t19-,20-/m0/s1. The van der Waals surface area contributed by atoms with Crippen LogP contribution in [0, 0.1) is 0 Å². The minimum absolute atomic E-state index is 0.105. The first kappa shape index (κ1) is 18.8. The predicted molar refractivity (Wildman–Crippen MR) is 113 cm³/mol. The third kappa shape index (κ3) is 2.67. The van der Waals surface area contributed by atoms with Crippen LogP contribution in [0.3, 0.4) is 0 Å². The minimum atomic E-state index is -0.211. The Kier molecular flexibility index (Phi) is 4.69. The van der Waals surface area contributed by atoms with Crippen LogP contribution in [0.5, 0.6) is 5.75 Å². The van der Waals surface area contributed by atoms with Crippen LogP contribution in [0.2, 0.25) is 15.1 Å². The lowest BCUT2D eigenvalue weighted by atomic mass is 9.67. The molecule has 2 atom stereocenters. The first-order valence-corrected chi connectivity index (χ1v) is 10.9. The number of thioether (sulfide) groups is 1. The van der Waals surface area contributed by atoms with Crippen molar-refractivity contribution in [2.75, 3.05) is 19.3 Å². The van der Waals surface area contributed by atoms with Crippen molar-refractivity contribution in [3.05, 3.63) is 44.9 Å². The molecule has 4 rings (SSSR count). The van der Waals surface area contributed by atoms with Crippen molar-refractivity contribution in [3.8, 4) is 16.9 Å². The molecule has 2 aromatic rings. The van der Waals surface area contributed by atoms with Crippen LogP contribution in [0.1, 0.15) is 25.8 Å². The molecule has 0 aliphatic carbocycles. The minimum Gasteiger partial charge on any atom is -0.485 e.